The third-order valence-electron chi connectivity index (χ3n) is 3.11. The van der Waals surface area contributed by atoms with E-state index in [0.29, 0.717) is 6.61 Å². The number of hydrogen-bond acceptors (Lipinski definition) is 3. The van der Waals surface area contributed by atoms with Crippen LogP contribution in [0.5, 0.6) is 5.75 Å². The van der Waals surface area contributed by atoms with E-state index in [1.807, 2.05) is 19.1 Å². The molecule has 1 aliphatic rings. The van der Waals surface area contributed by atoms with E-state index in [-0.39, 0.29) is 5.54 Å². The first-order chi connectivity index (χ1) is 7.63. The van der Waals surface area contributed by atoms with Crippen LogP contribution in [-0.2, 0) is 0 Å². The molecule has 0 radical (unpaired) electrons. The van der Waals surface area contributed by atoms with Gasteiger partial charge in [0.2, 0.25) is 0 Å². The predicted molar refractivity (Wildman–Crippen MR) is 65.8 cm³/mol. The molecule has 88 valence electrons. The van der Waals surface area contributed by atoms with Gasteiger partial charge >= 0.3 is 0 Å². The Hall–Kier alpha value is -1.25. The SMILES string of the molecule is CCOc1cccnc1NC(C)(C)C1CC1. The highest BCUT2D eigenvalue weighted by Gasteiger charge is 2.38. The number of nitrogens with one attached hydrogen (secondary N) is 1. The van der Waals surface area contributed by atoms with Gasteiger partial charge in [-0.05, 0) is 51.7 Å². The second-order valence-corrected chi connectivity index (χ2v) is 4.90. The lowest BCUT2D eigenvalue weighted by molar-refractivity contribution is 0.339. The number of pyridine rings is 1. The molecule has 1 N–H and O–H groups in total. The molecule has 1 fully saturated rings. The third kappa shape index (κ3) is 2.46. The third-order valence-corrected chi connectivity index (χ3v) is 3.11. The number of anilines is 1. The molecule has 1 aromatic rings. The van der Waals surface area contributed by atoms with E-state index >= 15 is 0 Å². The molecular formula is C13H20N2O. The van der Waals surface area contributed by atoms with Crippen molar-refractivity contribution in [2.45, 2.75) is 39.2 Å². The first kappa shape index (κ1) is 11.2. The lowest BCUT2D eigenvalue weighted by Gasteiger charge is -2.27. The monoisotopic (exact) mass is 220 g/mol. The maximum absolute atomic E-state index is 5.56. The number of hydrogen-bond donors (Lipinski definition) is 1. The van der Waals surface area contributed by atoms with E-state index in [1.54, 1.807) is 6.20 Å². The minimum atomic E-state index is 0.111. The van der Waals surface area contributed by atoms with Gasteiger partial charge < -0.3 is 10.1 Å². The van der Waals surface area contributed by atoms with Crippen molar-refractivity contribution in [3.05, 3.63) is 18.3 Å². The molecule has 1 saturated carbocycles. The van der Waals surface area contributed by atoms with Crippen LogP contribution in [0.4, 0.5) is 5.82 Å². The minimum absolute atomic E-state index is 0.111. The number of aromatic nitrogens is 1. The van der Waals surface area contributed by atoms with Crippen molar-refractivity contribution in [3.8, 4) is 5.75 Å². The van der Waals surface area contributed by atoms with Crippen LogP contribution in [0.15, 0.2) is 18.3 Å². The molecule has 0 amide bonds. The molecule has 16 heavy (non-hydrogen) atoms. The van der Waals surface area contributed by atoms with Gasteiger partial charge in [0.15, 0.2) is 11.6 Å². The molecule has 3 heteroatoms. The van der Waals surface area contributed by atoms with Crippen molar-refractivity contribution in [1.29, 1.82) is 0 Å². The van der Waals surface area contributed by atoms with Crippen LogP contribution in [0.1, 0.15) is 33.6 Å². The van der Waals surface area contributed by atoms with Crippen LogP contribution in [0, 0.1) is 5.92 Å². The highest BCUT2D eigenvalue weighted by molar-refractivity contribution is 5.51. The second-order valence-electron chi connectivity index (χ2n) is 4.90. The van der Waals surface area contributed by atoms with Crippen LogP contribution < -0.4 is 10.1 Å². The zero-order chi connectivity index (χ0) is 11.6. The van der Waals surface area contributed by atoms with E-state index in [0.717, 1.165) is 17.5 Å². The Balaban J connectivity index is 2.13. The summed E-state index contributed by atoms with van der Waals surface area (Å²) in [5, 5.41) is 3.50. The van der Waals surface area contributed by atoms with E-state index in [4.69, 9.17) is 4.74 Å². The van der Waals surface area contributed by atoms with Gasteiger partial charge in [-0.25, -0.2) is 4.98 Å². The fourth-order valence-corrected chi connectivity index (χ4v) is 1.97. The molecule has 1 aromatic heterocycles. The Morgan fingerprint density at radius 2 is 2.25 bits per heavy atom. The van der Waals surface area contributed by atoms with Gasteiger partial charge in [-0.1, -0.05) is 0 Å². The van der Waals surface area contributed by atoms with Crippen molar-refractivity contribution in [2.24, 2.45) is 5.92 Å². The van der Waals surface area contributed by atoms with Gasteiger partial charge in [-0.2, -0.15) is 0 Å². The first-order valence-corrected chi connectivity index (χ1v) is 5.99. The normalized spacial score (nSPS) is 15.9. The van der Waals surface area contributed by atoms with Gasteiger partial charge in [0.1, 0.15) is 0 Å². The van der Waals surface area contributed by atoms with E-state index < -0.39 is 0 Å². The first-order valence-electron chi connectivity index (χ1n) is 5.99. The van der Waals surface area contributed by atoms with Crippen molar-refractivity contribution < 1.29 is 4.74 Å². The molecule has 1 heterocycles. The van der Waals surface area contributed by atoms with Crippen molar-refractivity contribution >= 4 is 5.82 Å². The zero-order valence-electron chi connectivity index (χ0n) is 10.3. The molecule has 3 nitrogen and oxygen atoms in total. The lowest BCUT2D eigenvalue weighted by atomic mass is 9.99. The predicted octanol–water partition coefficient (Wildman–Crippen LogP) is 3.08. The molecule has 0 spiro atoms. The van der Waals surface area contributed by atoms with Gasteiger partial charge in [0.25, 0.3) is 0 Å². The quantitative estimate of drug-likeness (QED) is 0.828. The molecule has 0 aromatic carbocycles. The Kier molecular flexibility index (Phi) is 3.03. The molecule has 1 aliphatic carbocycles. The molecule has 2 rings (SSSR count). The maximum Gasteiger partial charge on any atom is 0.169 e. The number of rotatable bonds is 5. The topological polar surface area (TPSA) is 34.1 Å². The molecule has 0 unspecified atom stereocenters. The summed E-state index contributed by atoms with van der Waals surface area (Å²) in [5.74, 6) is 2.48. The van der Waals surface area contributed by atoms with Crippen molar-refractivity contribution in [2.75, 3.05) is 11.9 Å². The van der Waals surface area contributed by atoms with E-state index in [9.17, 15) is 0 Å². The summed E-state index contributed by atoms with van der Waals surface area (Å²) in [6.07, 6.45) is 4.43. The molecule has 0 atom stereocenters. The number of nitrogens with zero attached hydrogens (tertiary/aromatic N) is 1. The summed E-state index contributed by atoms with van der Waals surface area (Å²) in [6.45, 7) is 7.12. The standard InChI is InChI=1S/C13H20N2O/c1-4-16-11-6-5-9-14-12(11)15-13(2,3)10-7-8-10/h5-6,9-10H,4,7-8H2,1-3H3,(H,14,15). The molecular weight excluding hydrogens is 200 g/mol. The largest absolute Gasteiger partial charge is 0.490 e. The van der Waals surface area contributed by atoms with Crippen LogP contribution in [0.3, 0.4) is 0 Å². The summed E-state index contributed by atoms with van der Waals surface area (Å²) >= 11 is 0. The lowest BCUT2D eigenvalue weighted by Crippen LogP contribution is -2.33. The average molecular weight is 220 g/mol. The minimum Gasteiger partial charge on any atom is -0.490 e. The Morgan fingerprint density at radius 3 is 2.88 bits per heavy atom. The molecule has 0 saturated heterocycles. The summed E-state index contributed by atoms with van der Waals surface area (Å²) in [7, 11) is 0. The molecule has 0 aliphatic heterocycles. The highest BCUT2D eigenvalue weighted by Crippen LogP contribution is 2.41. The van der Waals surface area contributed by atoms with Crippen LogP contribution in [-0.4, -0.2) is 17.1 Å². The number of ether oxygens (including phenoxy) is 1. The van der Waals surface area contributed by atoms with Crippen LogP contribution in [0.2, 0.25) is 0 Å². The average Bonchev–Trinajstić information content (AvgIpc) is 3.04. The summed E-state index contributed by atoms with van der Waals surface area (Å²) in [4.78, 5) is 4.36. The summed E-state index contributed by atoms with van der Waals surface area (Å²) in [5.41, 5.74) is 0.111. The summed E-state index contributed by atoms with van der Waals surface area (Å²) in [6, 6.07) is 3.86. The fourth-order valence-electron chi connectivity index (χ4n) is 1.97. The highest BCUT2D eigenvalue weighted by atomic mass is 16.5. The zero-order valence-corrected chi connectivity index (χ0v) is 10.3. The van der Waals surface area contributed by atoms with Crippen molar-refractivity contribution in [1.82, 2.24) is 4.98 Å². The fraction of sp³-hybridized carbons (Fsp3) is 0.615. The van der Waals surface area contributed by atoms with Crippen LogP contribution in [0.25, 0.3) is 0 Å². The van der Waals surface area contributed by atoms with Gasteiger partial charge in [0.05, 0.1) is 6.61 Å². The van der Waals surface area contributed by atoms with Gasteiger partial charge in [-0.15, -0.1) is 0 Å². The summed E-state index contributed by atoms with van der Waals surface area (Å²) < 4.78 is 5.56. The van der Waals surface area contributed by atoms with Gasteiger partial charge in [0, 0.05) is 11.7 Å². The smallest absolute Gasteiger partial charge is 0.169 e. The Labute approximate surface area is 97.2 Å². The van der Waals surface area contributed by atoms with Crippen LogP contribution >= 0.6 is 0 Å². The second kappa shape index (κ2) is 4.32. The Bertz CT molecular complexity index is 359. The Morgan fingerprint density at radius 1 is 1.50 bits per heavy atom. The van der Waals surface area contributed by atoms with Gasteiger partial charge in [-0.3, -0.25) is 0 Å². The van der Waals surface area contributed by atoms with E-state index in [2.05, 4.69) is 24.1 Å². The molecule has 0 bridgehead atoms. The maximum atomic E-state index is 5.56. The van der Waals surface area contributed by atoms with E-state index in [1.165, 1.54) is 12.8 Å². The van der Waals surface area contributed by atoms with Crippen molar-refractivity contribution in [3.63, 3.8) is 0 Å².